The van der Waals surface area contributed by atoms with Crippen LogP contribution in [0.25, 0.3) is 0 Å². The predicted molar refractivity (Wildman–Crippen MR) is 115 cm³/mol. The summed E-state index contributed by atoms with van der Waals surface area (Å²) < 4.78 is 11.1. The molecule has 0 radical (unpaired) electrons. The van der Waals surface area contributed by atoms with Crippen LogP contribution in [0.3, 0.4) is 0 Å². The van der Waals surface area contributed by atoms with Crippen LogP contribution in [-0.2, 0) is 16.0 Å². The minimum Gasteiger partial charge on any atom is -0.494 e. The van der Waals surface area contributed by atoms with Gasteiger partial charge in [-0.25, -0.2) is 0 Å². The molecule has 1 heterocycles. The Bertz CT molecular complexity index is 742. The van der Waals surface area contributed by atoms with Crippen molar-refractivity contribution < 1.29 is 14.3 Å². The van der Waals surface area contributed by atoms with Gasteiger partial charge in [-0.05, 0) is 36.6 Å². The van der Waals surface area contributed by atoms with Crippen LogP contribution < -0.4 is 10.1 Å². The number of nitrogens with zero attached hydrogens (tertiary/aromatic N) is 1. The molecule has 0 spiro atoms. The van der Waals surface area contributed by atoms with Gasteiger partial charge in [0.05, 0.1) is 25.9 Å². The first-order chi connectivity index (χ1) is 14.2. The van der Waals surface area contributed by atoms with E-state index in [1.807, 2.05) is 44.2 Å². The maximum Gasteiger partial charge on any atom is 0.223 e. The average Bonchev–Trinajstić information content (AvgIpc) is 2.76. The van der Waals surface area contributed by atoms with Crippen LogP contribution in [-0.4, -0.2) is 50.3 Å². The van der Waals surface area contributed by atoms with Crippen LogP contribution in [0.15, 0.2) is 54.6 Å². The van der Waals surface area contributed by atoms with Gasteiger partial charge in [0.1, 0.15) is 5.75 Å². The van der Waals surface area contributed by atoms with E-state index in [9.17, 15) is 4.79 Å². The molecule has 3 rings (SSSR count). The van der Waals surface area contributed by atoms with E-state index in [0.717, 1.165) is 38.5 Å². The molecule has 0 bridgehead atoms. The molecule has 1 fully saturated rings. The molecule has 2 aromatic rings. The molecule has 2 aromatic carbocycles. The summed E-state index contributed by atoms with van der Waals surface area (Å²) >= 11 is 0. The fourth-order valence-corrected chi connectivity index (χ4v) is 3.73. The minimum atomic E-state index is -0.0666. The number of hydrogen-bond acceptors (Lipinski definition) is 4. The molecule has 0 saturated carbocycles. The quantitative estimate of drug-likeness (QED) is 0.705. The SMILES string of the molecule is CCOc1ccc(C(CNC(=O)C(C)Cc2ccccc2)N2CCOCC2)cc1. The Balaban J connectivity index is 1.63. The first kappa shape index (κ1) is 21.3. The summed E-state index contributed by atoms with van der Waals surface area (Å²) in [7, 11) is 0. The van der Waals surface area contributed by atoms with Gasteiger partial charge in [0.15, 0.2) is 0 Å². The van der Waals surface area contributed by atoms with Crippen LogP contribution in [0.2, 0.25) is 0 Å². The highest BCUT2D eigenvalue weighted by Crippen LogP contribution is 2.24. The molecule has 1 N–H and O–H groups in total. The summed E-state index contributed by atoms with van der Waals surface area (Å²) in [6, 6.07) is 18.5. The number of carbonyl (C=O) groups excluding carboxylic acids is 1. The van der Waals surface area contributed by atoms with Crippen LogP contribution in [0, 0.1) is 5.92 Å². The third-order valence-electron chi connectivity index (χ3n) is 5.36. The van der Waals surface area contributed by atoms with Gasteiger partial charge in [-0.2, -0.15) is 0 Å². The van der Waals surface area contributed by atoms with Gasteiger partial charge >= 0.3 is 0 Å². The Morgan fingerprint density at radius 2 is 1.79 bits per heavy atom. The van der Waals surface area contributed by atoms with Gasteiger partial charge in [0, 0.05) is 25.6 Å². The molecule has 29 heavy (non-hydrogen) atoms. The largest absolute Gasteiger partial charge is 0.494 e. The number of carbonyl (C=O) groups is 1. The minimum absolute atomic E-state index is 0.0666. The Labute approximate surface area is 174 Å². The van der Waals surface area contributed by atoms with E-state index in [1.54, 1.807) is 0 Å². The molecule has 5 heteroatoms. The molecule has 1 saturated heterocycles. The van der Waals surface area contributed by atoms with Crippen molar-refractivity contribution >= 4 is 5.91 Å². The van der Waals surface area contributed by atoms with Gasteiger partial charge in [-0.3, -0.25) is 9.69 Å². The van der Waals surface area contributed by atoms with Crippen molar-refractivity contribution in [1.82, 2.24) is 10.2 Å². The van der Waals surface area contributed by atoms with Crippen molar-refractivity contribution in [2.75, 3.05) is 39.5 Å². The molecule has 2 atom stereocenters. The molecule has 1 amide bonds. The standard InChI is InChI=1S/C24H32N2O3/c1-3-29-22-11-9-21(10-12-22)23(26-13-15-28-16-14-26)18-25-24(27)19(2)17-20-7-5-4-6-8-20/h4-12,19,23H,3,13-18H2,1-2H3,(H,25,27). The van der Waals surface area contributed by atoms with Crippen molar-refractivity contribution in [3.05, 3.63) is 65.7 Å². The van der Waals surface area contributed by atoms with Gasteiger partial charge < -0.3 is 14.8 Å². The Kier molecular flexibility index (Phi) is 8.08. The Morgan fingerprint density at radius 1 is 1.10 bits per heavy atom. The van der Waals surface area contributed by atoms with Gasteiger partial charge in [0.2, 0.25) is 5.91 Å². The molecule has 156 valence electrons. The lowest BCUT2D eigenvalue weighted by Gasteiger charge is -2.35. The zero-order chi connectivity index (χ0) is 20.5. The first-order valence-corrected chi connectivity index (χ1v) is 10.5. The van der Waals surface area contributed by atoms with E-state index in [-0.39, 0.29) is 17.9 Å². The first-order valence-electron chi connectivity index (χ1n) is 10.5. The van der Waals surface area contributed by atoms with Crippen LogP contribution in [0.5, 0.6) is 5.75 Å². The normalized spacial score (nSPS) is 16.8. The monoisotopic (exact) mass is 396 g/mol. The highest BCUT2D eigenvalue weighted by atomic mass is 16.5. The van der Waals surface area contributed by atoms with E-state index in [0.29, 0.717) is 13.2 Å². The number of rotatable bonds is 9. The number of benzene rings is 2. The van der Waals surface area contributed by atoms with Crippen LogP contribution in [0.1, 0.15) is 31.0 Å². The summed E-state index contributed by atoms with van der Waals surface area (Å²) in [6.45, 7) is 8.41. The second-order valence-corrected chi connectivity index (χ2v) is 7.50. The molecule has 1 aliphatic heterocycles. The van der Waals surface area contributed by atoms with E-state index in [2.05, 4.69) is 34.5 Å². The molecule has 1 aliphatic rings. The molecular formula is C24H32N2O3. The third kappa shape index (κ3) is 6.31. The lowest BCUT2D eigenvalue weighted by Crippen LogP contribution is -2.44. The maximum atomic E-state index is 12.7. The summed E-state index contributed by atoms with van der Waals surface area (Å²) in [5, 5.41) is 3.19. The second kappa shape index (κ2) is 11.0. The molecule has 0 aliphatic carbocycles. The van der Waals surface area contributed by atoms with Crippen molar-refractivity contribution in [3.63, 3.8) is 0 Å². The summed E-state index contributed by atoms with van der Waals surface area (Å²) in [5.41, 5.74) is 2.37. The summed E-state index contributed by atoms with van der Waals surface area (Å²) in [6.07, 6.45) is 0.748. The number of nitrogens with one attached hydrogen (secondary N) is 1. The van der Waals surface area contributed by atoms with Crippen LogP contribution >= 0.6 is 0 Å². The molecule has 0 aromatic heterocycles. The summed E-state index contributed by atoms with van der Waals surface area (Å²) in [4.78, 5) is 15.1. The maximum absolute atomic E-state index is 12.7. The smallest absolute Gasteiger partial charge is 0.223 e. The van der Waals surface area contributed by atoms with Crippen molar-refractivity contribution in [3.8, 4) is 5.75 Å². The number of hydrogen-bond donors (Lipinski definition) is 1. The fourth-order valence-electron chi connectivity index (χ4n) is 3.73. The zero-order valence-electron chi connectivity index (χ0n) is 17.5. The highest BCUT2D eigenvalue weighted by molar-refractivity contribution is 5.78. The second-order valence-electron chi connectivity index (χ2n) is 7.50. The molecule has 2 unspecified atom stereocenters. The van der Waals surface area contributed by atoms with Crippen LogP contribution in [0.4, 0.5) is 0 Å². The van der Waals surface area contributed by atoms with E-state index in [1.165, 1.54) is 11.1 Å². The Morgan fingerprint density at radius 3 is 2.45 bits per heavy atom. The lowest BCUT2D eigenvalue weighted by molar-refractivity contribution is -0.124. The number of morpholine rings is 1. The van der Waals surface area contributed by atoms with E-state index >= 15 is 0 Å². The number of ether oxygens (including phenoxy) is 2. The molecular weight excluding hydrogens is 364 g/mol. The Hall–Kier alpha value is -2.37. The lowest BCUT2D eigenvalue weighted by atomic mass is 9.99. The third-order valence-corrected chi connectivity index (χ3v) is 5.36. The average molecular weight is 397 g/mol. The van der Waals surface area contributed by atoms with E-state index in [4.69, 9.17) is 9.47 Å². The fraction of sp³-hybridized carbons (Fsp3) is 0.458. The van der Waals surface area contributed by atoms with Gasteiger partial charge in [-0.15, -0.1) is 0 Å². The van der Waals surface area contributed by atoms with Crippen molar-refractivity contribution in [2.24, 2.45) is 5.92 Å². The van der Waals surface area contributed by atoms with Gasteiger partial charge in [0.25, 0.3) is 0 Å². The zero-order valence-corrected chi connectivity index (χ0v) is 17.5. The van der Waals surface area contributed by atoms with Crippen molar-refractivity contribution in [1.29, 1.82) is 0 Å². The highest BCUT2D eigenvalue weighted by Gasteiger charge is 2.24. The molecule has 5 nitrogen and oxygen atoms in total. The number of amides is 1. The van der Waals surface area contributed by atoms with E-state index < -0.39 is 0 Å². The van der Waals surface area contributed by atoms with Gasteiger partial charge in [-0.1, -0.05) is 49.4 Å². The summed E-state index contributed by atoms with van der Waals surface area (Å²) in [5.74, 6) is 0.901. The predicted octanol–water partition coefficient (Wildman–Crippen LogP) is 3.45. The topological polar surface area (TPSA) is 50.8 Å². The van der Waals surface area contributed by atoms with Crippen molar-refractivity contribution in [2.45, 2.75) is 26.3 Å².